The van der Waals surface area contributed by atoms with Crippen molar-refractivity contribution in [1.82, 2.24) is 0 Å². The van der Waals surface area contributed by atoms with Crippen molar-refractivity contribution in [2.45, 2.75) is 0 Å². The fraction of sp³-hybridized carbons (Fsp3) is 0. The number of rotatable bonds is 4. The van der Waals surface area contributed by atoms with Crippen LogP contribution in [0.25, 0.3) is 118 Å². The van der Waals surface area contributed by atoms with E-state index in [1.165, 1.54) is 73.4 Å². The number of hydrogen-bond donors (Lipinski definition) is 0. The molecule has 2 nitrogen and oxygen atoms in total. The molecule has 252 valence electrons. The number of para-hydroxylation sites is 2. The summed E-state index contributed by atoms with van der Waals surface area (Å²) in [5.74, 6) is 1.78. The number of hydrogen-bond acceptors (Lipinski definition) is 4. The second-order valence-corrected chi connectivity index (χ2v) is 16.0. The SMILES string of the molecule is c1ccc2cc3c(-c4sc5ccccc5c4-c4cc5ccccc5o4)c4ccccc4c(-c4sc5ccccc5c4-c4cc5ccccc5o4)c3cc2c1. The maximum absolute atomic E-state index is 6.69. The van der Waals surface area contributed by atoms with Crippen LogP contribution in [-0.4, -0.2) is 0 Å². The molecule has 4 heterocycles. The predicted molar refractivity (Wildman–Crippen MR) is 231 cm³/mol. The van der Waals surface area contributed by atoms with E-state index in [9.17, 15) is 0 Å². The van der Waals surface area contributed by atoms with Crippen molar-refractivity contribution in [3.63, 3.8) is 0 Å². The summed E-state index contributed by atoms with van der Waals surface area (Å²) in [6.45, 7) is 0. The minimum Gasteiger partial charge on any atom is -0.456 e. The average Bonchev–Trinajstić information content (AvgIpc) is 4.01. The molecule has 0 aliphatic rings. The summed E-state index contributed by atoms with van der Waals surface area (Å²) >= 11 is 3.70. The van der Waals surface area contributed by atoms with Gasteiger partial charge in [-0.25, -0.2) is 0 Å². The highest BCUT2D eigenvalue weighted by Crippen LogP contribution is 2.55. The Bertz CT molecular complexity index is 3170. The molecule has 0 amide bonds. The minimum absolute atomic E-state index is 0.891. The van der Waals surface area contributed by atoms with Crippen LogP contribution in [0.15, 0.2) is 179 Å². The molecule has 0 fully saturated rings. The average molecular weight is 725 g/mol. The van der Waals surface area contributed by atoms with E-state index < -0.39 is 0 Å². The Morgan fingerprint density at radius 1 is 0.296 bits per heavy atom. The number of thiophene rings is 2. The van der Waals surface area contributed by atoms with Crippen LogP contribution in [0.4, 0.5) is 0 Å². The molecule has 0 saturated heterocycles. The molecule has 0 spiro atoms. The molecule has 0 aliphatic heterocycles. The zero-order valence-corrected chi connectivity index (χ0v) is 30.4. The number of fused-ring (bicyclic) bond motifs is 7. The van der Waals surface area contributed by atoms with Gasteiger partial charge in [-0.3, -0.25) is 0 Å². The van der Waals surface area contributed by atoms with Gasteiger partial charge in [0.25, 0.3) is 0 Å². The van der Waals surface area contributed by atoms with Gasteiger partial charge in [-0.05, 0) is 80.8 Å². The maximum atomic E-state index is 6.69. The van der Waals surface area contributed by atoms with E-state index in [-0.39, 0.29) is 0 Å². The predicted octanol–water partition coefficient (Wildman–Crippen LogP) is 15.7. The van der Waals surface area contributed by atoms with Crippen LogP contribution in [0.5, 0.6) is 0 Å². The monoisotopic (exact) mass is 724 g/mol. The number of furan rings is 2. The fourth-order valence-corrected chi connectivity index (χ4v) is 11.1. The van der Waals surface area contributed by atoms with Crippen LogP contribution in [0.3, 0.4) is 0 Å². The van der Waals surface area contributed by atoms with Gasteiger partial charge >= 0.3 is 0 Å². The van der Waals surface area contributed by atoms with Crippen LogP contribution >= 0.6 is 22.7 Å². The zero-order valence-electron chi connectivity index (χ0n) is 28.8. The Balaban J connectivity index is 1.26. The maximum Gasteiger partial charge on any atom is 0.137 e. The molecule has 0 aliphatic carbocycles. The van der Waals surface area contributed by atoms with Crippen molar-refractivity contribution in [3.8, 4) is 43.5 Å². The third kappa shape index (κ3) is 4.38. The molecule has 0 saturated carbocycles. The molecule has 4 aromatic heterocycles. The molecule has 0 atom stereocenters. The molecular formula is C50H28O2S2. The topological polar surface area (TPSA) is 26.3 Å². The van der Waals surface area contributed by atoms with E-state index >= 15 is 0 Å². The summed E-state index contributed by atoms with van der Waals surface area (Å²) in [7, 11) is 0. The van der Waals surface area contributed by atoms with Crippen molar-refractivity contribution >= 4 is 97.1 Å². The first kappa shape index (κ1) is 30.0. The quantitative estimate of drug-likeness (QED) is 0.169. The third-order valence-corrected chi connectivity index (χ3v) is 13.3. The molecule has 54 heavy (non-hydrogen) atoms. The van der Waals surface area contributed by atoms with Crippen molar-refractivity contribution in [1.29, 1.82) is 0 Å². The van der Waals surface area contributed by atoms with Gasteiger partial charge in [-0.1, -0.05) is 121 Å². The van der Waals surface area contributed by atoms with Gasteiger partial charge in [-0.2, -0.15) is 0 Å². The van der Waals surface area contributed by atoms with E-state index in [4.69, 9.17) is 8.83 Å². The van der Waals surface area contributed by atoms with Crippen LogP contribution < -0.4 is 0 Å². The second-order valence-electron chi connectivity index (χ2n) is 13.9. The second kappa shape index (κ2) is 11.5. The van der Waals surface area contributed by atoms with Gasteiger partial charge in [0.1, 0.15) is 22.7 Å². The lowest BCUT2D eigenvalue weighted by Gasteiger charge is -2.18. The van der Waals surface area contributed by atoms with E-state index in [2.05, 4.69) is 158 Å². The largest absolute Gasteiger partial charge is 0.456 e. The summed E-state index contributed by atoms with van der Waals surface area (Å²) in [4.78, 5) is 2.43. The molecule has 12 aromatic rings. The summed E-state index contributed by atoms with van der Waals surface area (Å²) in [6, 6.07) is 61.1. The lowest BCUT2D eigenvalue weighted by atomic mass is 9.86. The zero-order chi connectivity index (χ0) is 35.3. The van der Waals surface area contributed by atoms with Gasteiger partial charge < -0.3 is 8.83 Å². The van der Waals surface area contributed by atoms with Crippen molar-refractivity contribution in [2.24, 2.45) is 0 Å². The van der Waals surface area contributed by atoms with E-state index in [0.29, 0.717) is 0 Å². The summed E-state index contributed by atoms with van der Waals surface area (Å²) in [5, 5.41) is 11.9. The Labute approximate surface area is 317 Å². The Hall–Kier alpha value is -6.46. The van der Waals surface area contributed by atoms with Crippen molar-refractivity contribution in [2.75, 3.05) is 0 Å². The van der Waals surface area contributed by atoms with Crippen LogP contribution in [0.2, 0.25) is 0 Å². The first-order chi connectivity index (χ1) is 26.8. The smallest absolute Gasteiger partial charge is 0.137 e. The Morgan fingerprint density at radius 2 is 0.667 bits per heavy atom. The molecule has 4 heteroatoms. The van der Waals surface area contributed by atoms with Crippen LogP contribution in [0.1, 0.15) is 0 Å². The molecule has 8 aromatic carbocycles. The molecule has 0 radical (unpaired) electrons. The summed E-state index contributed by atoms with van der Waals surface area (Å²) < 4.78 is 15.9. The molecule has 0 unspecified atom stereocenters. The lowest BCUT2D eigenvalue weighted by molar-refractivity contribution is 0.632. The summed E-state index contributed by atoms with van der Waals surface area (Å²) in [5.41, 5.74) is 6.55. The number of benzene rings is 8. The fourth-order valence-electron chi connectivity index (χ4n) is 8.49. The van der Waals surface area contributed by atoms with Gasteiger partial charge in [0, 0.05) is 63.0 Å². The van der Waals surface area contributed by atoms with Crippen molar-refractivity contribution < 1.29 is 8.83 Å². The molecule has 0 N–H and O–H groups in total. The normalized spacial score (nSPS) is 12.1. The molecule has 12 rings (SSSR count). The molecule has 0 bridgehead atoms. The van der Waals surface area contributed by atoms with Gasteiger partial charge in [-0.15, -0.1) is 22.7 Å². The van der Waals surface area contributed by atoms with E-state index in [1.54, 1.807) is 0 Å². The highest BCUT2D eigenvalue weighted by molar-refractivity contribution is 7.23. The highest BCUT2D eigenvalue weighted by atomic mass is 32.1. The van der Waals surface area contributed by atoms with Gasteiger partial charge in [0.2, 0.25) is 0 Å². The Kier molecular flexibility index (Phi) is 6.41. The minimum atomic E-state index is 0.891. The van der Waals surface area contributed by atoms with Gasteiger partial charge in [0.15, 0.2) is 0 Å². The standard InChI is InChI=1S/C50H28O2S2/c1-2-14-30-26-38-37(25-29(30)13-1)45(49-47(35-19-7-11-23-43(35)53-49)41-27-31-15-3-9-21-39(31)51-41)33-17-5-6-18-34(33)46(38)50-48(36-20-8-12-24-44(36)54-50)42-28-32-16-4-10-22-40(32)52-42/h1-28H. The lowest BCUT2D eigenvalue weighted by Crippen LogP contribution is -1.91. The Morgan fingerprint density at radius 3 is 1.11 bits per heavy atom. The first-order valence-corrected chi connectivity index (χ1v) is 19.8. The first-order valence-electron chi connectivity index (χ1n) is 18.2. The van der Waals surface area contributed by atoms with Crippen LogP contribution in [0, 0.1) is 0 Å². The highest BCUT2D eigenvalue weighted by Gasteiger charge is 2.27. The van der Waals surface area contributed by atoms with Gasteiger partial charge in [0.05, 0.1) is 0 Å². The van der Waals surface area contributed by atoms with E-state index in [0.717, 1.165) is 44.6 Å². The third-order valence-electron chi connectivity index (χ3n) is 10.9. The summed E-state index contributed by atoms with van der Waals surface area (Å²) in [6.07, 6.45) is 0. The molecular weight excluding hydrogens is 697 g/mol. The van der Waals surface area contributed by atoms with Crippen LogP contribution in [-0.2, 0) is 0 Å². The van der Waals surface area contributed by atoms with Crippen molar-refractivity contribution in [3.05, 3.63) is 170 Å². The van der Waals surface area contributed by atoms with E-state index in [1.807, 2.05) is 34.8 Å².